The molecule has 0 spiro atoms. The molecule has 0 aliphatic heterocycles. The summed E-state index contributed by atoms with van der Waals surface area (Å²) in [5.41, 5.74) is 0. The maximum Gasteiger partial charge on any atom is 0.345 e. The van der Waals surface area contributed by atoms with Crippen molar-refractivity contribution >= 4 is 12.6 Å². The lowest BCUT2D eigenvalue weighted by Crippen LogP contribution is -2.28. The van der Waals surface area contributed by atoms with Crippen molar-refractivity contribution in [3.63, 3.8) is 0 Å². The Hall–Kier alpha value is 0.170. The number of alkyl halides is 2. The van der Waals surface area contributed by atoms with Gasteiger partial charge in [0.1, 0.15) is 0 Å². The average molecular weight is 198 g/mol. The Labute approximate surface area is 77.9 Å². The molecule has 0 heterocycles. The molecular formula is C8H16F2OS. The van der Waals surface area contributed by atoms with Crippen molar-refractivity contribution in [2.45, 2.75) is 45.2 Å². The zero-order valence-corrected chi connectivity index (χ0v) is 8.52. The smallest absolute Gasteiger partial charge is 0.320 e. The van der Waals surface area contributed by atoms with Gasteiger partial charge in [0.2, 0.25) is 0 Å². The van der Waals surface area contributed by atoms with Crippen molar-refractivity contribution in [2.24, 2.45) is 5.92 Å². The van der Waals surface area contributed by atoms with Gasteiger partial charge in [-0.2, -0.15) is 21.4 Å². The summed E-state index contributed by atoms with van der Waals surface area (Å²) in [6, 6.07) is 0. The highest BCUT2D eigenvalue weighted by atomic mass is 32.1. The zero-order chi connectivity index (χ0) is 9.72. The molecule has 0 aromatic heterocycles. The summed E-state index contributed by atoms with van der Waals surface area (Å²) in [5, 5.41) is 0.0868. The van der Waals surface area contributed by atoms with Crippen LogP contribution in [0.4, 0.5) is 8.78 Å². The van der Waals surface area contributed by atoms with Crippen LogP contribution >= 0.6 is 12.6 Å². The van der Waals surface area contributed by atoms with E-state index in [1.54, 1.807) is 6.92 Å². The molecule has 0 aliphatic rings. The van der Waals surface area contributed by atoms with E-state index in [-0.39, 0.29) is 11.2 Å². The fourth-order valence-corrected chi connectivity index (χ4v) is 1.78. The van der Waals surface area contributed by atoms with Gasteiger partial charge in [-0.15, -0.1) is 0 Å². The van der Waals surface area contributed by atoms with Crippen molar-refractivity contribution in [3.8, 4) is 0 Å². The highest BCUT2D eigenvalue weighted by molar-refractivity contribution is 7.80. The Balaban J connectivity index is 3.94. The fourth-order valence-electron chi connectivity index (χ4n) is 1.33. The van der Waals surface area contributed by atoms with Crippen LogP contribution in [-0.4, -0.2) is 18.0 Å². The first-order valence-corrected chi connectivity index (χ1v) is 4.62. The number of hydrogen-bond acceptors (Lipinski definition) is 2. The Morgan fingerprint density at radius 1 is 1.33 bits per heavy atom. The Morgan fingerprint density at radius 2 is 1.83 bits per heavy atom. The number of rotatable bonds is 5. The van der Waals surface area contributed by atoms with Gasteiger partial charge < -0.3 is 4.74 Å². The van der Waals surface area contributed by atoms with E-state index in [0.717, 1.165) is 6.42 Å². The van der Waals surface area contributed by atoms with Crippen LogP contribution in [-0.2, 0) is 4.74 Å². The summed E-state index contributed by atoms with van der Waals surface area (Å²) < 4.78 is 28.0. The van der Waals surface area contributed by atoms with Crippen LogP contribution in [0.2, 0.25) is 0 Å². The maximum absolute atomic E-state index is 11.8. The molecule has 74 valence electrons. The lowest BCUT2D eigenvalue weighted by atomic mass is 9.97. The predicted molar refractivity (Wildman–Crippen MR) is 48.8 cm³/mol. The molecule has 3 atom stereocenters. The van der Waals surface area contributed by atoms with Crippen LogP contribution in [0.25, 0.3) is 0 Å². The van der Waals surface area contributed by atoms with Crippen LogP contribution in [0.3, 0.4) is 0 Å². The number of halogens is 2. The minimum atomic E-state index is -2.68. The summed E-state index contributed by atoms with van der Waals surface area (Å²) in [6.45, 7) is 2.82. The molecule has 4 heteroatoms. The van der Waals surface area contributed by atoms with E-state index in [1.807, 2.05) is 13.8 Å². The van der Waals surface area contributed by atoms with E-state index in [9.17, 15) is 8.78 Å². The third-order valence-corrected chi connectivity index (χ3v) is 2.39. The predicted octanol–water partition coefficient (Wildman–Crippen LogP) is 2.96. The normalized spacial score (nSPS) is 19.2. The highest BCUT2D eigenvalue weighted by Gasteiger charge is 2.22. The molecule has 0 aliphatic carbocycles. The van der Waals surface area contributed by atoms with Crippen LogP contribution in [0, 0.1) is 5.92 Å². The average Bonchev–Trinajstić information content (AvgIpc) is 1.85. The molecule has 0 aromatic rings. The minimum absolute atomic E-state index is 0.0855. The SMILES string of the molecule is CCC(C(C)S)C(C)OC(F)F. The zero-order valence-electron chi connectivity index (χ0n) is 7.63. The molecular weight excluding hydrogens is 182 g/mol. The first-order valence-electron chi connectivity index (χ1n) is 4.10. The quantitative estimate of drug-likeness (QED) is 0.668. The Kier molecular flexibility index (Phi) is 5.84. The van der Waals surface area contributed by atoms with Crippen molar-refractivity contribution < 1.29 is 13.5 Å². The molecule has 0 saturated carbocycles. The second kappa shape index (κ2) is 5.75. The van der Waals surface area contributed by atoms with Gasteiger partial charge in [0.25, 0.3) is 0 Å². The minimum Gasteiger partial charge on any atom is -0.320 e. The highest BCUT2D eigenvalue weighted by Crippen LogP contribution is 2.21. The van der Waals surface area contributed by atoms with Crippen LogP contribution < -0.4 is 0 Å². The fraction of sp³-hybridized carbons (Fsp3) is 1.00. The number of ether oxygens (including phenoxy) is 1. The second-order valence-electron chi connectivity index (χ2n) is 2.91. The van der Waals surface area contributed by atoms with Gasteiger partial charge in [0.05, 0.1) is 6.10 Å². The molecule has 0 fully saturated rings. The second-order valence-corrected chi connectivity index (χ2v) is 3.73. The molecule has 12 heavy (non-hydrogen) atoms. The standard InChI is InChI=1S/C8H16F2OS/c1-4-7(6(3)12)5(2)11-8(9)10/h5-8,12H,4H2,1-3H3. The molecule has 0 N–H and O–H groups in total. The topological polar surface area (TPSA) is 9.23 Å². The molecule has 0 aromatic carbocycles. The number of hydrogen-bond donors (Lipinski definition) is 1. The van der Waals surface area contributed by atoms with Crippen molar-refractivity contribution in [2.75, 3.05) is 0 Å². The molecule has 0 bridgehead atoms. The van der Waals surface area contributed by atoms with Gasteiger partial charge >= 0.3 is 6.61 Å². The van der Waals surface area contributed by atoms with Crippen LogP contribution in [0.15, 0.2) is 0 Å². The van der Waals surface area contributed by atoms with E-state index in [0.29, 0.717) is 0 Å². The monoisotopic (exact) mass is 198 g/mol. The van der Waals surface area contributed by atoms with Crippen LogP contribution in [0.1, 0.15) is 27.2 Å². The maximum atomic E-state index is 11.8. The summed E-state index contributed by atoms with van der Waals surface area (Å²) in [4.78, 5) is 0. The number of thiol groups is 1. The van der Waals surface area contributed by atoms with E-state index >= 15 is 0 Å². The van der Waals surface area contributed by atoms with Crippen molar-refractivity contribution in [3.05, 3.63) is 0 Å². The van der Waals surface area contributed by atoms with E-state index < -0.39 is 12.7 Å². The first kappa shape index (κ1) is 12.2. The van der Waals surface area contributed by atoms with Gasteiger partial charge in [-0.1, -0.05) is 13.8 Å². The summed E-state index contributed by atoms with van der Waals surface area (Å²) in [6.07, 6.45) is 0.376. The molecule has 1 nitrogen and oxygen atoms in total. The molecule has 0 radical (unpaired) electrons. The van der Waals surface area contributed by atoms with E-state index in [1.165, 1.54) is 0 Å². The molecule has 0 rings (SSSR count). The molecule has 0 amide bonds. The Bertz CT molecular complexity index is 120. The lowest BCUT2D eigenvalue weighted by molar-refractivity contribution is -0.170. The van der Waals surface area contributed by atoms with Gasteiger partial charge in [0, 0.05) is 5.25 Å². The molecule has 3 unspecified atom stereocenters. The van der Waals surface area contributed by atoms with Crippen molar-refractivity contribution in [1.82, 2.24) is 0 Å². The van der Waals surface area contributed by atoms with Crippen molar-refractivity contribution in [1.29, 1.82) is 0 Å². The Morgan fingerprint density at radius 3 is 2.08 bits per heavy atom. The summed E-state index contributed by atoms with van der Waals surface area (Å²) in [7, 11) is 0. The van der Waals surface area contributed by atoms with Gasteiger partial charge in [-0.05, 0) is 19.3 Å². The van der Waals surface area contributed by atoms with Crippen LogP contribution in [0.5, 0.6) is 0 Å². The van der Waals surface area contributed by atoms with Gasteiger partial charge in [0.15, 0.2) is 0 Å². The molecule has 0 saturated heterocycles. The van der Waals surface area contributed by atoms with Gasteiger partial charge in [-0.25, -0.2) is 0 Å². The first-order chi connectivity index (χ1) is 5.49. The third-order valence-electron chi connectivity index (χ3n) is 2.01. The van der Waals surface area contributed by atoms with E-state index in [4.69, 9.17) is 0 Å². The lowest BCUT2D eigenvalue weighted by Gasteiger charge is -2.25. The summed E-state index contributed by atoms with van der Waals surface area (Å²) in [5.74, 6) is 0.0855. The largest absolute Gasteiger partial charge is 0.345 e. The third kappa shape index (κ3) is 4.26. The van der Waals surface area contributed by atoms with E-state index in [2.05, 4.69) is 17.4 Å². The van der Waals surface area contributed by atoms with Gasteiger partial charge in [-0.3, -0.25) is 0 Å². The summed E-state index contributed by atoms with van der Waals surface area (Å²) >= 11 is 4.21.